The first-order chi connectivity index (χ1) is 12.3. The largest absolute Gasteiger partial charge is 0.352 e. The van der Waals surface area contributed by atoms with Crippen molar-refractivity contribution in [2.24, 2.45) is 5.73 Å². The van der Waals surface area contributed by atoms with Crippen LogP contribution in [0, 0.1) is 13.8 Å². The Morgan fingerprint density at radius 1 is 1.04 bits per heavy atom. The number of hydrogen-bond donors (Lipinski definition) is 3. The summed E-state index contributed by atoms with van der Waals surface area (Å²) < 4.78 is 27.7. The Morgan fingerprint density at radius 2 is 1.73 bits per heavy atom. The summed E-state index contributed by atoms with van der Waals surface area (Å²) in [6.07, 6.45) is 1.66. The van der Waals surface area contributed by atoms with E-state index in [9.17, 15) is 13.2 Å². The molecule has 0 spiro atoms. The molecular weight excluding hydrogens is 350 g/mol. The van der Waals surface area contributed by atoms with Crippen molar-refractivity contribution in [1.82, 2.24) is 5.32 Å². The molecule has 0 bridgehead atoms. The zero-order chi connectivity index (χ0) is 19.2. The number of rotatable bonds is 8. The highest BCUT2D eigenvalue weighted by Crippen LogP contribution is 2.22. The van der Waals surface area contributed by atoms with Gasteiger partial charge in [-0.05, 0) is 74.7 Å². The molecule has 2 rings (SSSR count). The molecule has 0 aliphatic rings. The third-order valence-electron chi connectivity index (χ3n) is 4.19. The van der Waals surface area contributed by atoms with Gasteiger partial charge in [0.25, 0.3) is 15.9 Å². The first-order valence-corrected chi connectivity index (χ1v) is 10.0. The van der Waals surface area contributed by atoms with E-state index in [4.69, 9.17) is 5.73 Å². The second kappa shape index (κ2) is 8.82. The van der Waals surface area contributed by atoms with Crippen molar-refractivity contribution in [2.75, 3.05) is 17.8 Å². The number of carbonyl (C=O) groups excluding carboxylic acids is 1. The molecule has 0 radical (unpaired) electrons. The van der Waals surface area contributed by atoms with Crippen molar-refractivity contribution in [3.63, 3.8) is 0 Å². The summed E-state index contributed by atoms with van der Waals surface area (Å²) in [6.45, 7) is 4.93. The Kier molecular flexibility index (Phi) is 6.76. The van der Waals surface area contributed by atoms with Gasteiger partial charge in [-0.25, -0.2) is 8.42 Å². The van der Waals surface area contributed by atoms with E-state index in [2.05, 4.69) is 10.0 Å². The van der Waals surface area contributed by atoms with Crippen molar-refractivity contribution < 1.29 is 13.2 Å². The highest BCUT2D eigenvalue weighted by molar-refractivity contribution is 7.92. The SMILES string of the molecule is Cc1cccc(NS(=O)(=O)c2ccc(C(=O)NCCCCN)cc2)c1C. The molecule has 140 valence electrons. The van der Waals surface area contributed by atoms with Crippen LogP contribution in [0.3, 0.4) is 0 Å². The summed E-state index contributed by atoms with van der Waals surface area (Å²) >= 11 is 0. The average Bonchev–Trinajstić information content (AvgIpc) is 2.62. The van der Waals surface area contributed by atoms with Crippen molar-refractivity contribution in [1.29, 1.82) is 0 Å². The Morgan fingerprint density at radius 3 is 2.38 bits per heavy atom. The van der Waals surface area contributed by atoms with Gasteiger partial charge in [-0.3, -0.25) is 9.52 Å². The molecule has 0 saturated heterocycles. The van der Waals surface area contributed by atoms with Gasteiger partial charge < -0.3 is 11.1 Å². The van der Waals surface area contributed by atoms with Gasteiger partial charge >= 0.3 is 0 Å². The number of unbranched alkanes of at least 4 members (excludes halogenated alkanes) is 1. The monoisotopic (exact) mass is 375 g/mol. The first-order valence-electron chi connectivity index (χ1n) is 8.52. The van der Waals surface area contributed by atoms with E-state index in [0.717, 1.165) is 24.0 Å². The van der Waals surface area contributed by atoms with Gasteiger partial charge in [0, 0.05) is 12.1 Å². The lowest BCUT2D eigenvalue weighted by atomic mass is 10.1. The maximum atomic E-state index is 12.6. The summed E-state index contributed by atoms with van der Waals surface area (Å²) in [5.41, 5.74) is 8.26. The number of benzene rings is 2. The third kappa shape index (κ3) is 5.06. The molecule has 0 aliphatic carbocycles. The van der Waals surface area contributed by atoms with Crippen LogP contribution in [0.25, 0.3) is 0 Å². The molecule has 0 fully saturated rings. The standard InChI is InChI=1S/C19H25N3O3S/c1-14-6-5-7-18(15(14)2)22-26(24,25)17-10-8-16(9-11-17)19(23)21-13-4-3-12-20/h5-11,22H,3-4,12-13,20H2,1-2H3,(H,21,23). The Labute approximate surface area is 154 Å². The summed E-state index contributed by atoms with van der Waals surface area (Å²) in [4.78, 5) is 12.1. The molecule has 7 heteroatoms. The number of amides is 1. The van der Waals surface area contributed by atoms with E-state index < -0.39 is 10.0 Å². The lowest BCUT2D eigenvalue weighted by Crippen LogP contribution is -2.25. The van der Waals surface area contributed by atoms with Crippen molar-refractivity contribution in [3.8, 4) is 0 Å². The second-order valence-corrected chi connectivity index (χ2v) is 7.81. The van der Waals surface area contributed by atoms with E-state index in [1.165, 1.54) is 24.3 Å². The van der Waals surface area contributed by atoms with Gasteiger partial charge in [0.1, 0.15) is 0 Å². The van der Waals surface area contributed by atoms with Gasteiger partial charge in [-0.1, -0.05) is 12.1 Å². The molecule has 6 nitrogen and oxygen atoms in total. The minimum atomic E-state index is -3.71. The molecule has 26 heavy (non-hydrogen) atoms. The lowest BCUT2D eigenvalue weighted by molar-refractivity contribution is 0.0953. The number of hydrogen-bond acceptors (Lipinski definition) is 4. The first kappa shape index (κ1) is 19.9. The fourth-order valence-corrected chi connectivity index (χ4v) is 3.55. The Balaban J connectivity index is 2.09. The van der Waals surface area contributed by atoms with E-state index >= 15 is 0 Å². The molecule has 0 aromatic heterocycles. The molecule has 0 aliphatic heterocycles. The van der Waals surface area contributed by atoms with Crippen LogP contribution in [0.15, 0.2) is 47.4 Å². The van der Waals surface area contributed by atoms with Crippen LogP contribution in [0.1, 0.15) is 34.3 Å². The molecule has 0 atom stereocenters. The van der Waals surface area contributed by atoms with Gasteiger partial charge in [0.2, 0.25) is 0 Å². The zero-order valence-corrected chi connectivity index (χ0v) is 15.9. The van der Waals surface area contributed by atoms with Crippen LogP contribution in [-0.4, -0.2) is 27.4 Å². The van der Waals surface area contributed by atoms with E-state index in [1.807, 2.05) is 19.9 Å². The minimum absolute atomic E-state index is 0.109. The van der Waals surface area contributed by atoms with Gasteiger partial charge in [-0.2, -0.15) is 0 Å². The molecule has 0 unspecified atom stereocenters. The van der Waals surface area contributed by atoms with Gasteiger partial charge in [0.05, 0.1) is 10.6 Å². The zero-order valence-electron chi connectivity index (χ0n) is 15.1. The number of nitrogens with two attached hydrogens (primary N) is 1. The Hall–Kier alpha value is -2.38. The number of sulfonamides is 1. The molecule has 4 N–H and O–H groups in total. The van der Waals surface area contributed by atoms with Crippen molar-refractivity contribution in [2.45, 2.75) is 31.6 Å². The highest BCUT2D eigenvalue weighted by atomic mass is 32.2. The maximum absolute atomic E-state index is 12.6. The minimum Gasteiger partial charge on any atom is -0.352 e. The molecule has 2 aromatic carbocycles. The number of nitrogens with one attached hydrogen (secondary N) is 2. The smallest absolute Gasteiger partial charge is 0.261 e. The van der Waals surface area contributed by atoms with E-state index in [1.54, 1.807) is 12.1 Å². The van der Waals surface area contributed by atoms with Crippen molar-refractivity contribution in [3.05, 3.63) is 59.2 Å². The highest BCUT2D eigenvalue weighted by Gasteiger charge is 2.16. The third-order valence-corrected chi connectivity index (χ3v) is 5.57. The fourth-order valence-electron chi connectivity index (χ4n) is 2.42. The van der Waals surface area contributed by atoms with Crippen LogP contribution >= 0.6 is 0 Å². The van der Waals surface area contributed by atoms with Crippen molar-refractivity contribution >= 4 is 21.6 Å². The molecule has 2 aromatic rings. The summed E-state index contributed by atoms with van der Waals surface area (Å²) in [7, 11) is -3.71. The van der Waals surface area contributed by atoms with Crippen LogP contribution < -0.4 is 15.8 Å². The Bertz CT molecular complexity index is 862. The second-order valence-electron chi connectivity index (χ2n) is 6.13. The maximum Gasteiger partial charge on any atom is 0.261 e. The van der Waals surface area contributed by atoms with E-state index in [0.29, 0.717) is 24.3 Å². The van der Waals surface area contributed by atoms with Gasteiger partial charge in [-0.15, -0.1) is 0 Å². The fraction of sp³-hybridized carbons (Fsp3) is 0.316. The number of anilines is 1. The van der Waals surface area contributed by atoms with Crippen LogP contribution in [-0.2, 0) is 10.0 Å². The molecule has 1 amide bonds. The molecule has 0 saturated carbocycles. The number of aryl methyl sites for hydroxylation is 1. The molecular formula is C19H25N3O3S. The predicted octanol–water partition coefficient (Wildman–Crippen LogP) is 2.57. The molecule has 0 heterocycles. The summed E-state index contributed by atoms with van der Waals surface area (Å²) in [5.74, 6) is -0.228. The predicted molar refractivity (Wildman–Crippen MR) is 104 cm³/mol. The summed E-state index contributed by atoms with van der Waals surface area (Å²) in [5, 5.41) is 2.79. The quantitative estimate of drug-likeness (QED) is 0.617. The normalized spacial score (nSPS) is 11.2. The van der Waals surface area contributed by atoms with E-state index in [-0.39, 0.29) is 10.8 Å². The number of carbonyl (C=O) groups is 1. The van der Waals surface area contributed by atoms with Crippen LogP contribution in [0.5, 0.6) is 0 Å². The summed E-state index contributed by atoms with van der Waals surface area (Å²) in [6, 6.07) is 11.3. The van der Waals surface area contributed by atoms with Gasteiger partial charge in [0.15, 0.2) is 0 Å². The lowest BCUT2D eigenvalue weighted by Gasteiger charge is -2.12. The van der Waals surface area contributed by atoms with Crippen LogP contribution in [0.2, 0.25) is 0 Å². The topological polar surface area (TPSA) is 101 Å². The average molecular weight is 375 g/mol. The van der Waals surface area contributed by atoms with Crippen LogP contribution in [0.4, 0.5) is 5.69 Å².